The van der Waals surface area contributed by atoms with E-state index < -0.39 is 15.7 Å². The zero-order valence-corrected chi connectivity index (χ0v) is 13.4. The maximum absolute atomic E-state index is 13.0. The van der Waals surface area contributed by atoms with Gasteiger partial charge in [-0.1, -0.05) is 12.1 Å². The molecule has 0 aliphatic heterocycles. The minimum absolute atomic E-state index is 0.139. The van der Waals surface area contributed by atoms with Crippen molar-refractivity contribution in [2.24, 2.45) is 5.73 Å². The number of sulfone groups is 1. The average Bonchev–Trinajstić information content (AvgIpc) is 2.87. The summed E-state index contributed by atoms with van der Waals surface area (Å²) in [6, 6.07) is 7.15. The fourth-order valence-electron chi connectivity index (χ4n) is 2.32. The van der Waals surface area contributed by atoms with Crippen LogP contribution in [0.3, 0.4) is 0 Å². The fraction of sp³-hybridized carbons (Fsp3) is 0.133. The molecule has 0 spiro atoms. The van der Waals surface area contributed by atoms with Gasteiger partial charge in [-0.3, -0.25) is 4.79 Å². The molecule has 3 aromatic rings. The Morgan fingerprint density at radius 1 is 1.29 bits per heavy atom. The normalized spacial score (nSPS) is 11.8. The molecule has 0 unspecified atom stereocenters. The first-order valence-corrected chi connectivity index (χ1v) is 8.75. The largest absolute Gasteiger partial charge is 0.364 e. The molecule has 0 radical (unpaired) electrons. The Morgan fingerprint density at radius 2 is 1.96 bits per heavy atom. The molecule has 24 heavy (non-hydrogen) atoms. The van der Waals surface area contributed by atoms with Crippen LogP contribution in [0.5, 0.6) is 0 Å². The molecule has 0 aliphatic rings. The summed E-state index contributed by atoms with van der Waals surface area (Å²) >= 11 is 0. The number of halogens is 1. The maximum Gasteiger partial charge on any atom is 0.265 e. The Morgan fingerprint density at radius 3 is 2.54 bits per heavy atom. The molecular weight excluding hydrogens is 335 g/mol. The van der Waals surface area contributed by atoms with E-state index in [9.17, 15) is 17.6 Å². The second kappa shape index (κ2) is 5.68. The number of hydrogen-bond acceptors (Lipinski definition) is 5. The summed E-state index contributed by atoms with van der Waals surface area (Å²) in [5, 5.41) is -0.190. The lowest BCUT2D eigenvalue weighted by molar-refractivity contribution is 0.0992. The first-order valence-electron chi connectivity index (χ1n) is 6.86. The standard InChI is InChI=1S/C15H13FN4O3S/c1-24(22,23)13-7-18-15-11(19-13)6-12(14(17)21)20(15)8-9-2-4-10(16)5-3-9/h2-7H,8H2,1H3,(H2,17,21). The third kappa shape index (κ3) is 2.98. The quantitative estimate of drug-likeness (QED) is 0.760. The van der Waals surface area contributed by atoms with Crippen LogP contribution in [0, 0.1) is 5.82 Å². The number of benzene rings is 1. The van der Waals surface area contributed by atoms with Crippen molar-refractivity contribution in [1.82, 2.24) is 14.5 Å². The van der Waals surface area contributed by atoms with Gasteiger partial charge in [0.05, 0.1) is 6.20 Å². The molecule has 0 atom stereocenters. The molecule has 0 aliphatic carbocycles. The minimum atomic E-state index is -3.52. The highest BCUT2D eigenvalue weighted by atomic mass is 32.2. The summed E-state index contributed by atoms with van der Waals surface area (Å²) in [5.74, 6) is -1.07. The number of primary amides is 1. The molecule has 0 saturated carbocycles. The molecule has 0 saturated heterocycles. The van der Waals surface area contributed by atoms with E-state index >= 15 is 0 Å². The van der Waals surface area contributed by atoms with Gasteiger partial charge in [0.2, 0.25) is 0 Å². The van der Waals surface area contributed by atoms with E-state index in [0.717, 1.165) is 18.0 Å². The number of nitrogens with zero attached hydrogens (tertiary/aromatic N) is 3. The number of nitrogens with two attached hydrogens (primary N) is 1. The van der Waals surface area contributed by atoms with E-state index in [1.165, 1.54) is 22.8 Å². The fourth-order valence-corrected chi connectivity index (χ4v) is 2.83. The molecule has 2 N–H and O–H groups in total. The summed E-state index contributed by atoms with van der Waals surface area (Å²) in [6.07, 6.45) is 2.15. The smallest absolute Gasteiger partial charge is 0.265 e. The van der Waals surface area contributed by atoms with E-state index in [4.69, 9.17) is 5.73 Å². The number of rotatable bonds is 4. The van der Waals surface area contributed by atoms with Crippen LogP contribution in [-0.4, -0.2) is 35.1 Å². The molecule has 124 valence electrons. The van der Waals surface area contributed by atoms with Crippen molar-refractivity contribution < 1.29 is 17.6 Å². The van der Waals surface area contributed by atoms with Crippen molar-refractivity contribution in [1.29, 1.82) is 0 Å². The molecule has 2 heterocycles. The molecule has 2 aromatic heterocycles. The van der Waals surface area contributed by atoms with E-state index in [1.807, 2.05) is 0 Å². The molecular formula is C15H13FN4O3S. The second-order valence-electron chi connectivity index (χ2n) is 5.30. The Hall–Kier alpha value is -2.81. The topological polar surface area (TPSA) is 108 Å². The third-order valence-electron chi connectivity index (χ3n) is 3.46. The summed E-state index contributed by atoms with van der Waals surface area (Å²) in [5.41, 5.74) is 6.82. The highest BCUT2D eigenvalue weighted by Crippen LogP contribution is 2.20. The summed E-state index contributed by atoms with van der Waals surface area (Å²) in [6.45, 7) is 0.217. The van der Waals surface area contributed by atoms with Gasteiger partial charge in [0.25, 0.3) is 5.91 Å². The monoisotopic (exact) mass is 348 g/mol. The first kappa shape index (κ1) is 16.1. The molecule has 0 bridgehead atoms. The molecule has 3 rings (SSSR count). The van der Waals surface area contributed by atoms with Gasteiger partial charge in [-0.2, -0.15) is 0 Å². The van der Waals surface area contributed by atoms with Crippen molar-refractivity contribution in [2.45, 2.75) is 11.6 Å². The number of aromatic nitrogens is 3. The van der Waals surface area contributed by atoms with Crippen LogP contribution < -0.4 is 5.73 Å². The SMILES string of the molecule is CS(=O)(=O)c1cnc2c(cc(C(N)=O)n2Cc2ccc(F)cc2)n1. The number of hydrogen-bond donors (Lipinski definition) is 1. The van der Waals surface area contributed by atoms with Gasteiger partial charge >= 0.3 is 0 Å². The van der Waals surface area contributed by atoms with E-state index in [1.54, 1.807) is 12.1 Å². The molecule has 9 heteroatoms. The second-order valence-corrected chi connectivity index (χ2v) is 7.26. The summed E-state index contributed by atoms with van der Waals surface area (Å²) < 4.78 is 37.7. The van der Waals surface area contributed by atoms with Crippen LogP contribution in [0.4, 0.5) is 4.39 Å². The third-order valence-corrected chi connectivity index (χ3v) is 4.42. The molecule has 0 fully saturated rings. The van der Waals surface area contributed by atoms with Gasteiger partial charge in [-0.25, -0.2) is 22.8 Å². The van der Waals surface area contributed by atoms with Crippen molar-refractivity contribution >= 4 is 26.9 Å². The Bertz CT molecular complexity index is 1040. The number of fused-ring (bicyclic) bond motifs is 1. The minimum Gasteiger partial charge on any atom is -0.364 e. The number of amides is 1. The number of carbonyl (C=O) groups is 1. The average molecular weight is 348 g/mol. The van der Waals surface area contributed by atoms with Gasteiger partial charge < -0.3 is 10.3 Å². The predicted octanol–water partition coefficient (Wildman–Crippen LogP) is 1.12. The van der Waals surface area contributed by atoms with Crippen molar-refractivity contribution in [3.63, 3.8) is 0 Å². The van der Waals surface area contributed by atoms with Crippen LogP contribution >= 0.6 is 0 Å². The molecule has 7 nitrogen and oxygen atoms in total. The summed E-state index contributed by atoms with van der Waals surface area (Å²) in [7, 11) is -3.52. The Kier molecular flexibility index (Phi) is 3.80. The van der Waals surface area contributed by atoms with Crippen LogP contribution in [0.25, 0.3) is 11.2 Å². The highest BCUT2D eigenvalue weighted by molar-refractivity contribution is 7.90. The van der Waals surface area contributed by atoms with E-state index in [0.29, 0.717) is 5.65 Å². The van der Waals surface area contributed by atoms with Crippen LogP contribution in [-0.2, 0) is 16.4 Å². The summed E-state index contributed by atoms with van der Waals surface area (Å²) in [4.78, 5) is 19.8. The van der Waals surface area contributed by atoms with Crippen molar-refractivity contribution in [3.8, 4) is 0 Å². The first-order chi connectivity index (χ1) is 11.3. The van der Waals surface area contributed by atoms with Crippen molar-refractivity contribution in [2.75, 3.05) is 6.26 Å². The van der Waals surface area contributed by atoms with Crippen LogP contribution in [0.15, 0.2) is 41.6 Å². The lowest BCUT2D eigenvalue weighted by atomic mass is 10.2. The Balaban J connectivity index is 2.16. The van der Waals surface area contributed by atoms with Gasteiger partial charge in [0.15, 0.2) is 20.5 Å². The van der Waals surface area contributed by atoms with Crippen LogP contribution in [0.1, 0.15) is 16.1 Å². The predicted molar refractivity (Wildman–Crippen MR) is 84.7 cm³/mol. The lowest BCUT2D eigenvalue weighted by Gasteiger charge is -2.08. The zero-order chi connectivity index (χ0) is 17.5. The van der Waals surface area contributed by atoms with Gasteiger partial charge in [-0.05, 0) is 23.8 Å². The van der Waals surface area contributed by atoms with Gasteiger partial charge in [0.1, 0.15) is 17.0 Å². The molecule has 1 aromatic carbocycles. The Labute approximate surface area is 136 Å². The van der Waals surface area contributed by atoms with Gasteiger partial charge in [0, 0.05) is 12.8 Å². The van der Waals surface area contributed by atoms with Gasteiger partial charge in [-0.15, -0.1) is 0 Å². The zero-order valence-electron chi connectivity index (χ0n) is 12.6. The van der Waals surface area contributed by atoms with E-state index in [-0.39, 0.29) is 28.6 Å². The van der Waals surface area contributed by atoms with Crippen molar-refractivity contribution in [3.05, 3.63) is 53.6 Å². The van der Waals surface area contributed by atoms with Crippen LogP contribution in [0.2, 0.25) is 0 Å². The van der Waals surface area contributed by atoms with E-state index in [2.05, 4.69) is 9.97 Å². The molecule has 1 amide bonds. The maximum atomic E-state index is 13.0. The number of carbonyl (C=O) groups excluding carboxylic acids is 1. The lowest BCUT2D eigenvalue weighted by Crippen LogP contribution is -2.17. The highest BCUT2D eigenvalue weighted by Gasteiger charge is 2.18.